The van der Waals surface area contributed by atoms with E-state index in [1.807, 2.05) is 91.9 Å². The van der Waals surface area contributed by atoms with Gasteiger partial charge in [0.25, 0.3) is 0 Å². The molecule has 0 saturated carbocycles. The van der Waals surface area contributed by atoms with Gasteiger partial charge in [-0.3, -0.25) is 0 Å². The molecule has 1 N–H and O–H groups in total. The highest BCUT2D eigenvalue weighted by atomic mass is 16.5. The molecule has 0 saturated heterocycles. The van der Waals surface area contributed by atoms with Gasteiger partial charge in [0.2, 0.25) is 0 Å². The Morgan fingerprint density at radius 3 is 1.83 bits per heavy atom. The lowest BCUT2D eigenvalue weighted by molar-refractivity contribution is 0.228. The molecule has 0 aliphatic heterocycles. The van der Waals surface area contributed by atoms with Crippen LogP contribution in [-0.2, 0) is 0 Å². The third kappa shape index (κ3) is 5.72. The lowest BCUT2D eigenvalue weighted by Gasteiger charge is -2.10. The van der Waals surface area contributed by atoms with Crippen LogP contribution in [0.1, 0.15) is 18.6 Å². The maximum atomic E-state index is 10.3. The number of hydrogen-bond donors (Lipinski definition) is 1. The van der Waals surface area contributed by atoms with Gasteiger partial charge in [-0.15, -0.1) is 0 Å². The molecule has 3 heteroatoms. The number of aliphatic hydroxyl groups excluding tert-OH is 1. The van der Waals surface area contributed by atoms with Gasteiger partial charge in [-0.1, -0.05) is 72.9 Å². The van der Waals surface area contributed by atoms with E-state index in [1.54, 1.807) is 19.3 Å². The Hall–Kier alpha value is -3.56. The highest BCUT2D eigenvalue weighted by Crippen LogP contribution is 2.28. The number of allylic oxidation sites excluding steroid dienone is 4. The maximum Gasteiger partial charge on any atom is 0.127 e. The van der Waals surface area contributed by atoms with Gasteiger partial charge in [0, 0.05) is 0 Å². The average molecular weight is 399 g/mol. The second-order valence-corrected chi connectivity index (χ2v) is 6.87. The molecule has 0 spiro atoms. The van der Waals surface area contributed by atoms with Crippen LogP contribution in [0.5, 0.6) is 17.2 Å². The van der Waals surface area contributed by atoms with E-state index >= 15 is 0 Å². The summed E-state index contributed by atoms with van der Waals surface area (Å²) in [7, 11) is 1.66. The molecule has 0 aliphatic rings. The Morgan fingerprint density at radius 1 is 0.833 bits per heavy atom. The molecule has 3 aromatic rings. The minimum atomic E-state index is -0.670. The van der Waals surface area contributed by atoms with Gasteiger partial charge in [0.05, 0.1) is 13.2 Å². The molecule has 1 unspecified atom stereocenters. The van der Waals surface area contributed by atoms with Crippen LogP contribution >= 0.6 is 0 Å². The maximum absolute atomic E-state index is 10.3. The quantitative estimate of drug-likeness (QED) is 0.421. The van der Waals surface area contributed by atoms with Crippen molar-refractivity contribution >= 4 is 0 Å². The Balaban J connectivity index is 1.63. The first-order chi connectivity index (χ1) is 14.6. The molecule has 0 aliphatic carbocycles. The van der Waals surface area contributed by atoms with Crippen molar-refractivity contribution in [2.24, 2.45) is 0 Å². The third-order valence-corrected chi connectivity index (χ3v) is 4.71. The van der Waals surface area contributed by atoms with Crippen LogP contribution in [0, 0.1) is 0 Å². The number of ether oxygens (including phenoxy) is 2. The Bertz CT molecular complexity index is 1010. The van der Waals surface area contributed by atoms with E-state index in [0.717, 1.165) is 39.5 Å². The lowest BCUT2D eigenvalue weighted by atomic mass is 10.1. The zero-order chi connectivity index (χ0) is 21.3. The van der Waals surface area contributed by atoms with Gasteiger partial charge in [-0.2, -0.15) is 0 Å². The van der Waals surface area contributed by atoms with Crippen LogP contribution < -0.4 is 9.47 Å². The van der Waals surface area contributed by atoms with Crippen molar-refractivity contribution in [2.75, 3.05) is 7.11 Å². The molecule has 0 bridgehead atoms. The second-order valence-electron chi connectivity index (χ2n) is 6.87. The first-order valence-electron chi connectivity index (χ1n) is 9.77. The smallest absolute Gasteiger partial charge is 0.127 e. The average Bonchev–Trinajstić information content (AvgIpc) is 2.80. The Labute approximate surface area is 178 Å². The number of aliphatic hydroxyl groups is 1. The van der Waals surface area contributed by atoms with Crippen molar-refractivity contribution in [3.05, 3.63) is 115 Å². The minimum absolute atomic E-state index is 0.670. The summed E-state index contributed by atoms with van der Waals surface area (Å²) in [5.41, 5.74) is 4.07. The van der Waals surface area contributed by atoms with Crippen molar-refractivity contribution < 1.29 is 14.6 Å². The van der Waals surface area contributed by atoms with Crippen LogP contribution in [0.3, 0.4) is 0 Å². The fourth-order valence-corrected chi connectivity index (χ4v) is 2.86. The van der Waals surface area contributed by atoms with E-state index in [2.05, 4.69) is 6.58 Å². The molecule has 3 nitrogen and oxygen atoms in total. The van der Waals surface area contributed by atoms with E-state index < -0.39 is 6.10 Å². The summed E-state index contributed by atoms with van der Waals surface area (Å²) in [5, 5.41) is 10.3. The standard InChI is InChI=1S/C27H26O3/c1-4-20(2)6-5-7-27(28)23-12-18-26(19-13-23)30-25-16-10-22(11-17-25)21-8-14-24(29-3)15-9-21/h4-19,27-28H,1H2,2-3H3/b7-5+,20-6-. The van der Waals surface area contributed by atoms with Crippen LogP contribution in [0.15, 0.2) is 109 Å². The fraction of sp³-hybridized carbons (Fsp3) is 0.111. The zero-order valence-electron chi connectivity index (χ0n) is 17.3. The van der Waals surface area contributed by atoms with E-state index in [-0.39, 0.29) is 0 Å². The van der Waals surface area contributed by atoms with Gasteiger partial charge in [0.15, 0.2) is 0 Å². The molecule has 0 fully saturated rings. The zero-order valence-corrected chi connectivity index (χ0v) is 17.3. The molecule has 30 heavy (non-hydrogen) atoms. The topological polar surface area (TPSA) is 38.7 Å². The highest BCUT2D eigenvalue weighted by Gasteiger charge is 2.05. The summed E-state index contributed by atoms with van der Waals surface area (Å²) >= 11 is 0. The van der Waals surface area contributed by atoms with Gasteiger partial charge in [-0.25, -0.2) is 0 Å². The van der Waals surface area contributed by atoms with Gasteiger partial charge in [0.1, 0.15) is 17.2 Å². The van der Waals surface area contributed by atoms with Crippen LogP contribution in [0.2, 0.25) is 0 Å². The number of rotatable bonds is 8. The summed E-state index contributed by atoms with van der Waals surface area (Å²) in [5.74, 6) is 2.31. The van der Waals surface area contributed by atoms with Gasteiger partial charge in [-0.05, 0) is 60.0 Å². The summed E-state index contributed by atoms with van der Waals surface area (Å²) in [6, 6.07) is 23.3. The summed E-state index contributed by atoms with van der Waals surface area (Å²) in [6.07, 6.45) is 6.57. The van der Waals surface area contributed by atoms with Gasteiger partial charge >= 0.3 is 0 Å². The summed E-state index contributed by atoms with van der Waals surface area (Å²) < 4.78 is 11.1. The van der Waals surface area contributed by atoms with E-state index in [0.29, 0.717) is 0 Å². The summed E-state index contributed by atoms with van der Waals surface area (Å²) in [4.78, 5) is 0. The molecule has 3 rings (SSSR count). The monoisotopic (exact) mass is 398 g/mol. The van der Waals surface area contributed by atoms with Crippen molar-refractivity contribution in [3.8, 4) is 28.4 Å². The summed E-state index contributed by atoms with van der Waals surface area (Å²) in [6.45, 7) is 5.66. The SMILES string of the molecule is C=C/C(C)=C\C=C\C(O)c1ccc(Oc2ccc(-c3ccc(OC)cc3)cc2)cc1. The molecular formula is C27H26O3. The molecule has 1 atom stereocenters. The third-order valence-electron chi connectivity index (χ3n) is 4.71. The molecule has 0 aromatic heterocycles. The van der Waals surface area contributed by atoms with Crippen molar-refractivity contribution in [1.29, 1.82) is 0 Å². The van der Waals surface area contributed by atoms with E-state index in [1.165, 1.54) is 0 Å². The minimum Gasteiger partial charge on any atom is -0.497 e. The van der Waals surface area contributed by atoms with Crippen LogP contribution in [0.4, 0.5) is 0 Å². The number of methoxy groups -OCH3 is 1. The number of benzene rings is 3. The highest BCUT2D eigenvalue weighted by molar-refractivity contribution is 5.65. The van der Waals surface area contributed by atoms with Crippen LogP contribution in [0.25, 0.3) is 11.1 Å². The first-order valence-corrected chi connectivity index (χ1v) is 9.77. The van der Waals surface area contributed by atoms with E-state index in [9.17, 15) is 5.11 Å². The Kier molecular flexibility index (Phi) is 7.25. The van der Waals surface area contributed by atoms with Crippen molar-refractivity contribution in [2.45, 2.75) is 13.0 Å². The largest absolute Gasteiger partial charge is 0.497 e. The molecule has 3 aromatic carbocycles. The molecule has 152 valence electrons. The lowest BCUT2D eigenvalue weighted by Crippen LogP contribution is -1.93. The predicted molar refractivity (Wildman–Crippen MR) is 123 cm³/mol. The number of hydrogen-bond acceptors (Lipinski definition) is 3. The van der Waals surface area contributed by atoms with Crippen molar-refractivity contribution in [1.82, 2.24) is 0 Å². The molecule has 0 amide bonds. The predicted octanol–water partition coefficient (Wildman–Crippen LogP) is 6.88. The van der Waals surface area contributed by atoms with Crippen molar-refractivity contribution in [3.63, 3.8) is 0 Å². The van der Waals surface area contributed by atoms with Crippen LogP contribution in [-0.4, -0.2) is 12.2 Å². The van der Waals surface area contributed by atoms with E-state index in [4.69, 9.17) is 9.47 Å². The first kappa shape index (κ1) is 21.2. The Morgan fingerprint density at radius 2 is 1.33 bits per heavy atom. The molecular weight excluding hydrogens is 372 g/mol. The second kappa shape index (κ2) is 10.3. The van der Waals surface area contributed by atoms with Gasteiger partial charge < -0.3 is 14.6 Å². The fourth-order valence-electron chi connectivity index (χ4n) is 2.86. The molecule has 0 heterocycles. The normalized spacial score (nSPS) is 12.6. The molecule has 0 radical (unpaired) electrons.